The maximum absolute atomic E-state index is 2.35. The van der Waals surface area contributed by atoms with Crippen molar-refractivity contribution in [2.24, 2.45) is 0 Å². The van der Waals surface area contributed by atoms with Gasteiger partial charge in [-0.1, -0.05) is 0 Å². The van der Waals surface area contributed by atoms with Crippen LogP contribution in [0.5, 0.6) is 0 Å². The second kappa shape index (κ2) is 6.26. The molecule has 0 fully saturated rings. The Morgan fingerprint density at radius 3 is 1.29 bits per heavy atom. The third-order valence-electron chi connectivity index (χ3n) is 5.09. The summed E-state index contributed by atoms with van der Waals surface area (Å²) in [5.41, 5.74) is 0. The minimum Gasteiger partial charge on any atom is -0.141 e. The van der Waals surface area contributed by atoms with Crippen molar-refractivity contribution in [2.45, 2.75) is 13.8 Å². The highest BCUT2D eigenvalue weighted by Crippen LogP contribution is 2.38. The Labute approximate surface area is 179 Å². The van der Waals surface area contributed by atoms with Crippen molar-refractivity contribution in [2.75, 3.05) is 0 Å². The maximum Gasteiger partial charge on any atom is 0.0356 e. The van der Waals surface area contributed by atoms with Gasteiger partial charge in [-0.3, -0.25) is 0 Å². The van der Waals surface area contributed by atoms with Crippen LogP contribution in [-0.2, 0) is 0 Å². The lowest BCUT2D eigenvalue weighted by Crippen LogP contribution is -1.64. The monoisotopic (exact) mass is 432 g/mol. The Bertz CT molecular complexity index is 1410. The van der Waals surface area contributed by atoms with Gasteiger partial charge in [-0.25, -0.2) is 0 Å². The number of thiophene rings is 4. The van der Waals surface area contributed by atoms with Gasteiger partial charge in [0.15, 0.2) is 0 Å². The van der Waals surface area contributed by atoms with Gasteiger partial charge in [0.05, 0.1) is 0 Å². The Balaban J connectivity index is 1.43. The van der Waals surface area contributed by atoms with Gasteiger partial charge in [0, 0.05) is 59.9 Å². The smallest absolute Gasteiger partial charge is 0.0356 e. The van der Waals surface area contributed by atoms with Gasteiger partial charge in [0.25, 0.3) is 0 Å². The Hall–Kier alpha value is -1.98. The summed E-state index contributed by atoms with van der Waals surface area (Å²) in [6, 6.07) is 18.4. The molecule has 136 valence electrons. The van der Waals surface area contributed by atoms with Gasteiger partial charge in [-0.2, -0.15) is 0 Å². The van der Waals surface area contributed by atoms with Crippen LogP contribution in [0.1, 0.15) is 19.5 Å². The standard InChI is InChI=1S/C24H16S4/c1-13-9-17-19-11-15(27-23(19)7-5-21(17)25-13)3-4-16-12-20-18-10-14(2)26-22(18)6-8-24(20)28-16/h3-12H,1-2H3. The minimum absolute atomic E-state index is 1.32. The van der Waals surface area contributed by atoms with E-state index in [4.69, 9.17) is 0 Å². The van der Waals surface area contributed by atoms with Crippen LogP contribution in [0.4, 0.5) is 0 Å². The largest absolute Gasteiger partial charge is 0.141 e. The molecule has 0 spiro atoms. The number of benzene rings is 2. The molecule has 6 aromatic rings. The molecule has 2 aromatic carbocycles. The predicted molar refractivity (Wildman–Crippen MR) is 133 cm³/mol. The molecule has 0 aliphatic heterocycles. The Kier molecular flexibility index (Phi) is 3.78. The van der Waals surface area contributed by atoms with Crippen molar-refractivity contribution in [3.8, 4) is 0 Å². The molecule has 0 bridgehead atoms. The molecule has 4 heterocycles. The van der Waals surface area contributed by atoms with Crippen molar-refractivity contribution in [3.63, 3.8) is 0 Å². The highest BCUT2D eigenvalue weighted by atomic mass is 32.1. The number of aryl methyl sites for hydroxylation is 2. The zero-order valence-corrected chi connectivity index (χ0v) is 18.7. The second-order valence-electron chi connectivity index (χ2n) is 7.12. The molecule has 0 unspecified atom stereocenters. The van der Waals surface area contributed by atoms with Crippen molar-refractivity contribution < 1.29 is 0 Å². The van der Waals surface area contributed by atoms with Crippen LogP contribution in [0.3, 0.4) is 0 Å². The molecule has 0 radical (unpaired) electrons. The van der Waals surface area contributed by atoms with Gasteiger partial charge >= 0.3 is 0 Å². The van der Waals surface area contributed by atoms with E-state index in [1.165, 1.54) is 59.9 Å². The minimum atomic E-state index is 1.32. The molecule has 0 saturated heterocycles. The molecule has 4 heteroatoms. The molecule has 0 nitrogen and oxygen atoms in total. The molecule has 0 aliphatic carbocycles. The van der Waals surface area contributed by atoms with E-state index < -0.39 is 0 Å². The molecular weight excluding hydrogens is 417 g/mol. The third kappa shape index (κ3) is 2.67. The molecule has 28 heavy (non-hydrogen) atoms. The van der Waals surface area contributed by atoms with Gasteiger partial charge < -0.3 is 0 Å². The van der Waals surface area contributed by atoms with Crippen LogP contribution in [0.2, 0.25) is 0 Å². The summed E-state index contributed by atoms with van der Waals surface area (Å²) in [4.78, 5) is 5.40. The summed E-state index contributed by atoms with van der Waals surface area (Å²) in [6.07, 6.45) is 4.55. The first-order chi connectivity index (χ1) is 13.6. The zero-order chi connectivity index (χ0) is 18.8. The number of hydrogen-bond acceptors (Lipinski definition) is 4. The molecular formula is C24H16S4. The highest BCUT2D eigenvalue weighted by Gasteiger charge is 2.09. The lowest BCUT2D eigenvalue weighted by molar-refractivity contribution is 1.66. The predicted octanol–water partition coefficient (Wildman–Crippen LogP) is 9.33. The quantitative estimate of drug-likeness (QED) is 0.256. The highest BCUT2D eigenvalue weighted by molar-refractivity contribution is 7.22. The van der Waals surface area contributed by atoms with Crippen LogP contribution < -0.4 is 0 Å². The van der Waals surface area contributed by atoms with Crippen LogP contribution in [0.25, 0.3) is 52.5 Å². The summed E-state index contributed by atoms with van der Waals surface area (Å²) < 4.78 is 5.52. The molecule has 6 rings (SSSR count). The Morgan fingerprint density at radius 1 is 0.500 bits per heavy atom. The SMILES string of the molecule is Cc1cc2c(ccc3sc(C=Cc4cc5c(ccc6sc(C)cc65)s4)cc32)s1. The average Bonchev–Trinajstić information content (AvgIpc) is 3.41. The summed E-state index contributed by atoms with van der Waals surface area (Å²) in [5.74, 6) is 0. The van der Waals surface area contributed by atoms with E-state index >= 15 is 0 Å². The molecule has 0 N–H and O–H groups in total. The topological polar surface area (TPSA) is 0 Å². The first-order valence-electron chi connectivity index (χ1n) is 9.17. The first kappa shape index (κ1) is 16.9. The molecule has 0 amide bonds. The first-order valence-corrected chi connectivity index (χ1v) is 12.4. The molecule has 0 saturated carbocycles. The van der Waals surface area contributed by atoms with E-state index in [0.717, 1.165) is 0 Å². The summed E-state index contributed by atoms with van der Waals surface area (Å²) in [7, 11) is 0. The number of rotatable bonds is 2. The van der Waals surface area contributed by atoms with Crippen LogP contribution >= 0.6 is 45.3 Å². The van der Waals surface area contributed by atoms with E-state index in [0.29, 0.717) is 0 Å². The Morgan fingerprint density at radius 2 is 0.857 bits per heavy atom. The van der Waals surface area contributed by atoms with Gasteiger partial charge in [-0.05, 0) is 74.5 Å². The maximum atomic E-state index is 2.35. The molecule has 4 aromatic heterocycles. The molecule has 0 atom stereocenters. The lowest BCUT2D eigenvalue weighted by atomic mass is 10.1. The lowest BCUT2D eigenvalue weighted by Gasteiger charge is -1.90. The fourth-order valence-electron chi connectivity index (χ4n) is 3.88. The van der Waals surface area contributed by atoms with E-state index in [9.17, 15) is 0 Å². The zero-order valence-electron chi connectivity index (χ0n) is 15.4. The van der Waals surface area contributed by atoms with Crippen LogP contribution in [0.15, 0.2) is 48.5 Å². The van der Waals surface area contributed by atoms with Crippen molar-refractivity contribution in [1.82, 2.24) is 0 Å². The van der Waals surface area contributed by atoms with E-state index in [2.05, 4.69) is 74.5 Å². The number of hydrogen-bond donors (Lipinski definition) is 0. The van der Waals surface area contributed by atoms with Crippen LogP contribution in [-0.4, -0.2) is 0 Å². The van der Waals surface area contributed by atoms with Gasteiger partial charge in [0.1, 0.15) is 0 Å². The van der Waals surface area contributed by atoms with Crippen molar-refractivity contribution in [3.05, 3.63) is 68.0 Å². The van der Waals surface area contributed by atoms with E-state index in [1.807, 2.05) is 45.3 Å². The van der Waals surface area contributed by atoms with Gasteiger partial charge in [0.2, 0.25) is 0 Å². The fraction of sp³-hybridized carbons (Fsp3) is 0.0833. The normalized spacial score (nSPS) is 12.5. The molecule has 0 aliphatic rings. The van der Waals surface area contributed by atoms with E-state index in [1.54, 1.807) is 0 Å². The summed E-state index contributed by atoms with van der Waals surface area (Å²) in [6.45, 7) is 4.38. The van der Waals surface area contributed by atoms with Crippen molar-refractivity contribution in [1.29, 1.82) is 0 Å². The summed E-state index contributed by atoms with van der Waals surface area (Å²) in [5, 5.41) is 5.57. The summed E-state index contributed by atoms with van der Waals surface area (Å²) >= 11 is 7.52. The van der Waals surface area contributed by atoms with Crippen molar-refractivity contribution >= 4 is 97.8 Å². The second-order valence-corrected chi connectivity index (χ2v) is 11.9. The third-order valence-corrected chi connectivity index (χ3v) is 9.25. The fourth-order valence-corrected chi connectivity index (χ4v) is 7.72. The van der Waals surface area contributed by atoms with E-state index in [-0.39, 0.29) is 0 Å². The van der Waals surface area contributed by atoms with Gasteiger partial charge in [-0.15, -0.1) is 45.3 Å². The number of fused-ring (bicyclic) bond motifs is 6. The van der Waals surface area contributed by atoms with Crippen LogP contribution in [0, 0.1) is 13.8 Å². The average molecular weight is 433 g/mol.